The first kappa shape index (κ1) is 27.9. The second-order valence-electron chi connectivity index (χ2n) is 10.4. The maximum atomic E-state index is 12.9. The molecule has 6 nitrogen and oxygen atoms in total. The average molecular weight is 523 g/mol. The maximum absolute atomic E-state index is 12.9. The van der Waals surface area contributed by atoms with Gasteiger partial charge in [0.15, 0.2) is 0 Å². The Labute approximate surface area is 213 Å². The van der Waals surface area contributed by atoms with Gasteiger partial charge in [-0.15, -0.1) is 0 Å². The van der Waals surface area contributed by atoms with E-state index in [9.17, 15) is 22.0 Å². The molecule has 2 aromatic rings. The van der Waals surface area contributed by atoms with Crippen molar-refractivity contribution in [3.63, 3.8) is 0 Å². The third-order valence-electron chi connectivity index (χ3n) is 6.29. The molecule has 0 saturated heterocycles. The molecule has 0 radical (unpaired) electrons. The Morgan fingerprint density at radius 1 is 1.14 bits per heavy atom. The number of fused-ring (bicyclic) bond motifs is 1. The molecule has 2 aromatic carbocycles. The first-order valence-electron chi connectivity index (χ1n) is 12.3. The number of sulfonamides is 1. The van der Waals surface area contributed by atoms with Crippen LogP contribution >= 0.6 is 0 Å². The van der Waals surface area contributed by atoms with Crippen molar-refractivity contribution in [3.8, 4) is 0 Å². The fourth-order valence-corrected chi connectivity index (χ4v) is 5.41. The van der Waals surface area contributed by atoms with Gasteiger partial charge in [-0.25, -0.2) is 22.0 Å². The number of benzene rings is 2. The minimum Gasteiger partial charge on any atom is -0.444 e. The van der Waals surface area contributed by atoms with Crippen molar-refractivity contribution in [2.45, 2.75) is 89.2 Å². The van der Waals surface area contributed by atoms with Crippen LogP contribution < -0.4 is 4.72 Å². The molecule has 1 N–H and O–H groups in total. The lowest BCUT2D eigenvalue weighted by Crippen LogP contribution is -2.46. The topological polar surface area (TPSA) is 75.7 Å². The van der Waals surface area contributed by atoms with Crippen molar-refractivity contribution in [1.29, 1.82) is 0 Å². The number of anilines is 1. The first-order chi connectivity index (χ1) is 16.8. The van der Waals surface area contributed by atoms with E-state index in [-0.39, 0.29) is 17.0 Å². The predicted molar refractivity (Wildman–Crippen MR) is 137 cm³/mol. The van der Waals surface area contributed by atoms with Crippen molar-refractivity contribution >= 4 is 21.8 Å². The highest BCUT2D eigenvalue weighted by Gasteiger charge is 2.31. The van der Waals surface area contributed by atoms with E-state index in [1.54, 1.807) is 6.07 Å². The molecule has 9 heteroatoms. The second kappa shape index (κ2) is 11.2. The quantitative estimate of drug-likeness (QED) is 0.438. The van der Waals surface area contributed by atoms with Crippen molar-refractivity contribution < 1.29 is 26.7 Å². The van der Waals surface area contributed by atoms with Gasteiger partial charge in [0, 0.05) is 24.2 Å². The van der Waals surface area contributed by atoms with Gasteiger partial charge in [0.05, 0.1) is 4.90 Å². The predicted octanol–water partition coefficient (Wildman–Crippen LogP) is 6.36. The average Bonchev–Trinajstić information content (AvgIpc) is 2.80. The van der Waals surface area contributed by atoms with Crippen molar-refractivity contribution in [1.82, 2.24) is 4.90 Å². The molecule has 0 aromatic heterocycles. The van der Waals surface area contributed by atoms with Crippen LogP contribution in [0.1, 0.15) is 70.1 Å². The summed E-state index contributed by atoms with van der Waals surface area (Å²) in [6, 6.07) is 11.0. The molecule has 36 heavy (non-hydrogen) atoms. The fraction of sp³-hybridized carbons (Fsp3) is 0.519. The normalized spacial score (nSPS) is 16.8. The molecule has 198 valence electrons. The molecule has 1 aliphatic rings. The number of alkyl halides is 2. The third-order valence-corrected chi connectivity index (χ3v) is 7.69. The summed E-state index contributed by atoms with van der Waals surface area (Å²) < 4.78 is 59.8. The highest BCUT2D eigenvalue weighted by atomic mass is 32.2. The SMILES string of the molecule is CCCN(C(=O)OC(C)(C)C)C1CCc2cc(NS(=O)(=O)c3ccc([C@@H](C)C(F)F)cc3)ccc2C1. The zero-order valence-electron chi connectivity index (χ0n) is 21.6. The van der Waals surface area contributed by atoms with Crippen LogP contribution in [0.3, 0.4) is 0 Å². The number of hydrogen-bond donors (Lipinski definition) is 1. The minimum absolute atomic E-state index is 0.0121. The standard InChI is InChI=1S/C27H36F2N2O4S/c1-6-15-31(26(32)35-27(3,4)5)23-12-8-20-16-22(11-7-21(20)17-23)30-36(33,34)24-13-9-19(10-14-24)18(2)25(28)29/h7,9-11,13-14,16,18,23,25,30H,6,8,12,15,17H2,1-5H3/t18-,23?/m1/s1. The van der Waals surface area contributed by atoms with Gasteiger partial charge in [0.25, 0.3) is 10.0 Å². The number of carbonyl (C=O) groups excluding carboxylic acids is 1. The third kappa shape index (κ3) is 6.96. The van der Waals surface area contributed by atoms with Crippen LogP contribution in [-0.2, 0) is 27.6 Å². The molecule has 0 aliphatic heterocycles. The van der Waals surface area contributed by atoms with Gasteiger partial charge in [-0.05, 0) is 87.4 Å². The summed E-state index contributed by atoms with van der Waals surface area (Å²) in [4.78, 5) is 14.6. The molecule has 0 saturated carbocycles. The van der Waals surface area contributed by atoms with Crippen LogP contribution in [-0.4, -0.2) is 44.0 Å². The smallest absolute Gasteiger partial charge is 0.410 e. The van der Waals surface area contributed by atoms with Crippen molar-refractivity contribution in [2.24, 2.45) is 0 Å². The van der Waals surface area contributed by atoms with E-state index >= 15 is 0 Å². The van der Waals surface area contributed by atoms with E-state index in [4.69, 9.17) is 4.74 Å². The molecule has 1 aliphatic carbocycles. The summed E-state index contributed by atoms with van der Waals surface area (Å²) in [6.45, 7) is 9.60. The van der Waals surface area contributed by atoms with Gasteiger partial charge in [0.1, 0.15) is 5.60 Å². The van der Waals surface area contributed by atoms with Crippen molar-refractivity contribution in [3.05, 3.63) is 59.2 Å². The number of ether oxygens (including phenoxy) is 1. The van der Waals surface area contributed by atoms with Gasteiger partial charge in [0.2, 0.25) is 6.43 Å². The summed E-state index contributed by atoms with van der Waals surface area (Å²) in [7, 11) is -3.87. The van der Waals surface area contributed by atoms with Crippen LogP contribution in [0.5, 0.6) is 0 Å². The number of amides is 1. The number of rotatable bonds is 8. The van der Waals surface area contributed by atoms with Crippen LogP contribution in [0.15, 0.2) is 47.4 Å². The van der Waals surface area contributed by atoms with E-state index in [1.807, 2.05) is 44.7 Å². The number of halogens is 2. The Balaban J connectivity index is 1.72. The zero-order chi connectivity index (χ0) is 26.7. The monoisotopic (exact) mass is 522 g/mol. The summed E-state index contributed by atoms with van der Waals surface area (Å²) in [5.74, 6) is -0.970. The van der Waals surface area contributed by atoms with Gasteiger partial charge in [-0.1, -0.05) is 32.0 Å². The van der Waals surface area contributed by atoms with Crippen LogP contribution in [0.2, 0.25) is 0 Å². The highest BCUT2D eigenvalue weighted by Crippen LogP contribution is 2.30. The number of nitrogens with zero attached hydrogens (tertiary/aromatic N) is 1. The zero-order valence-corrected chi connectivity index (χ0v) is 22.4. The molecule has 2 atom stereocenters. The van der Waals surface area contributed by atoms with E-state index in [0.717, 1.165) is 24.0 Å². The number of nitrogens with one attached hydrogen (secondary N) is 1. The molecule has 0 spiro atoms. The lowest BCUT2D eigenvalue weighted by Gasteiger charge is -2.36. The number of hydrogen-bond acceptors (Lipinski definition) is 4. The lowest BCUT2D eigenvalue weighted by atomic mass is 9.87. The molecule has 0 heterocycles. The summed E-state index contributed by atoms with van der Waals surface area (Å²) in [5, 5.41) is 0. The Kier molecular flexibility index (Phi) is 8.64. The van der Waals surface area contributed by atoms with Gasteiger partial charge in [-0.3, -0.25) is 4.72 Å². The lowest BCUT2D eigenvalue weighted by molar-refractivity contribution is 0.0146. The Morgan fingerprint density at radius 2 is 1.81 bits per heavy atom. The van der Waals surface area contributed by atoms with E-state index < -0.39 is 28.0 Å². The van der Waals surface area contributed by atoms with E-state index in [2.05, 4.69) is 4.72 Å². The number of carbonyl (C=O) groups is 1. The molecular weight excluding hydrogens is 486 g/mol. The summed E-state index contributed by atoms with van der Waals surface area (Å²) in [5.41, 5.74) is 2.37. The fourth-order valence-electron chi connectivity index (χ4n) is 4.36. The van der Waals surface area contributed by atoms with Crippen LogP contribution in [0, 0.1) is 0 Å². The Hall–Kier alpha value is -2.68. The maximum Gasteiger partial charge on any atom is 0.410 e. The van der Waals surface area contributed by atoms with Gasteiger partial charge in [-0.2, -0.15) is 0 Å². The molecular formula is C27H36F2N2O4S. The summed E-state index contributed by atoms with van der Waals surface area (Å²) in [6.07, 6.45) is 0.136. The second-order valence-corrected chi connectivity index (χ2v) is 12.0. The molecule has 1 amide bonds. The minimum atomic E-state index is -3.87. The molecule has 1 unspecified atom stereocenters. The Morgan fingerprint density at radius 3 is 2.39 bits per heavy atom. The van der Waals surface area contributed by atoms with E-state index in [1.165, 1.54) is 31.2 Å². The number of aryl methyl sites for hydroxylation is 1. The first-order valence-corrected chi connectivity index (χ1v) is 13.8. The van der Waals surface area contributed by atoms with Gasteiger partial charge < -0.3 is 9.64 Å². The highest BCUT2D eigenvalue weighted by molar-refractivity contribution is 7.92. The Bertz CT molecular complexity index is 1160. The van der Waals surface area contributed by atoms with Crippen molar-refractivity contribution in [2.75, 3.05) is 11.3 Å². The largest absolute Gasteiger partial charge is 0.444 e. The van der Waals surface area contributed by atoms with Crippen LogP contribution in [0.4, 0.5) is 19.3 Å². The summed E-state index contributed by atoms with van der Waals surface area (Å²) >= 11 is 0. The molecule has 0 fully saturated rings. The van der Waals surface area contributed by atoms with E-state index in [0.29, 0.717) is 30.6 Å². The molecule has 0 bridgehead atoms. The van der Waals surface area contributed by atoms with Crippen LogP contribution in [0.25, 0.3) is 0 Å². The van der Waals surface area contributed by atoms with Gasteiger partial charge >= 0.3 is 6.09 Å². The molecule has 3 rings (SSSR count).